The van der Waals surface area contributed by atoms with Gasteiger partial charge in [-0.15, -0.1) is 0 Å². The minimum atomic E-state index is 0.624. The van der Waals surface area contributed by atoms with Crippen LogP contribution in [-0.2, 0) is 13.0 Å². The summed E-state index contributed by atoms with van der Waals surface area (Å²) >= 11 is 0. The molecule has 0 amide bonds. The van der Waals surface area contributed by atoms with E-state index in [0.29, 0.717) is 5.56 Å². The van der Waals surface area contributed by atoms with Crippen molar-refractivity contribution in [1.82, 2.24) is 9.55 Å². The molecule has 0 aliphatic carbocycles. The molecule has 0 bridgehead atoms. The molecule has 100 valence electrons. The lowest BCUT2D eigenvalue weighted by atomic mass is 10.2. The van der Waals surface area contributed by atoms with Crippen molar-refractivity contribution in [3.05, 3.63) is 41.7 Å². The number of rotatable bonds is 3. The average Bonchev–Trinajstić information content (AvgIpc) is 3.09. The second-order valence-corrected chi connectivity index (χ2v) is 4.61. The van der Waals surface area contributed by atoms with Crippen molar-refractivity contribution in [2.45, 2.75) is 26.8 Å². The first kappa shape index (κ1) is 12.5. The van der Waals surface area contributed by atoms with Crippen LogP contribution in [0.5, 0.6) is 0 Å². The van der Waals surface area contributed by atoms with E-state index in [2.05, 4.69) is 29.5 Å². The fraction of sp³-hybridized carbons (Fsp3) is 0.250. The summed E-state index contributed by atoms with van der Waals surface area (Å²) in [6.07, 6.45) is 0.866. The lowest BCUT2D eigenvalue weighted by molar-refractivity contribution is 0.522. The van der Waals surface area contributed by atoms with Gasteiger partial charge >= 0.3 is 0 Å². The highest BCUT2D eigenvalue weighted by Crippen LogP contribution is 2.27. The summed E-state index contributed by atoms with van der Waals surface area (Å²) < 4.78 is 7.91. The van der Waals surface area contributed by atoms with Crippen molar-refractivity contribution in [1.29, 1.82) is 5.26 Å². The number of imidazole rings is 1. The van der Waals surface area contributed by atoms with E-state index in [9.17, 15) is 0 Å². The second kappa shape index (κ2) is 4.86. The Morgan fingerprint density at radius 1 is 1.25 bits per heavy atom. The van der Waals surface area contributed by atoms with Gasteiger partial charge in [0.1, 0.15) is 5.76 Å². The SMILES string of the molecule is CCc1ccc(-c2nc3cc(C#N)ccc3n2CC)o1. The maximum absolute atomic E-state index is 8.98. The molecule has 0 aliphatic rings. The molecule has 4 nitrogen and oxygen atoms in total. The number of aryl methyl sites for hydroxylation is 2. The Balaban J connectivity index is 2.22. The van der Waals surface area contributed by atoms with Gasteiger partial charge in [0.15, 0.2) is 11.6 Å². The summed E-state index contributed by atoms with van der Waals surface area (Å²) in [5, 5.41) is 8.98. The lowest BCUT2D eigenvalue weighted by Gasteiger charge is -2.03. The first-order chi connectivity index (χ1) is 9.76. The van der Waals surface area contributed by atoms with Gasteiger partial charge in [-0.3, -0.25) is 0 Å². The van der Waals surface area contributed by atoms with Crippen molar-refractivity contribution in [2.24, 2.45) is 0 Å². The van der Waals surface area contributed by atoms with E-state index in [1.54, 1.807) is 0 Å². The van der Waals surface area contributed by atoms with Crippen LogP contribution in [-0.4, -0.2) is 9.55 Å². The Hall–Kier alpha value is -2.54. The van der Waals surface area contributed by atoms with E-state index < -0.39 is 0 Å². The van der Waals surface area contributed by atoms with Gasteiger partial charge < -0.3 is 8.98 Å². The van der Waals surface area contributed by atoms with Gasteiger partial charge in [0.05, 0.1) is 22.7 Å². The number of aromatic nitrogens is 2. The predicted molar refractivity (Wildman–Crippen MR) is 77.2 cm³/mol. The number of hydrogen-bond donors (Lipinski definition) is 0. The molecule has 1 aromatic carbocycles. The third-order valence-corrected chi connectivity index (χ3v) is 3.42. The third-order valence-electron chi connectivity index (χ3n) is 3.42. The highest BCUT2D eigenvalue weighted by molar-refractivity contribution is 5.81. The van der Waals surface area contributed by atoms with E-state index in [0.717, 1.165) is 41.3 Å². The van der Waals surface area contributed by atoms with E-state index in [4.69, 9.17) is 9.68 Å². The zero-order chi connectivity index (χ0) is 14.1. The van der Waals surface area contributed by atoms with E-state index >= 15 is 0 Å². The van der Waals surface area contributed by atoms with Gasteiger partial charge in [-0.1, -0.05) is 6.92 Å². The molecule has 0 fully saturated rings. The summed E-state index contributed by atoms with van der Waals surface area (Å²) in [5.41, 5.74) is 2.48. The number of benzene rings is 1. The van der Waals surface area contributed by atoms with Crippen LogP contribution in [0.2, 0.25) is 0 Å². The largest absolute Gasteiger partial charge is 0.458 e. The van der Waals surface area contributed by atoms with Crippen LogP contribution in [0.25, 0.3) is 22.6 Å². The monoisotopic (exact) mass is 265 g/mol. The summed E-state index contributed by atoms with van der Waals surface area (Å²) in [7, 11) is 0. The molecule has 2 aromatic heterocycles. The topological polar surface area (TPSA) is 54.8 Å². The number of fused-ring (bicyclic) bond motifs is 1. The molecule has 0 spiro atoms. The van der Waals surface area contributed by atoms with E-state index in [-0.39, 0.29) is 0 Å². The number of furan rings is 1. The first-order valence-corrected chi connectivity index (χ1v) is 6.76. The Morgan fingerprint density at radius 2 is 2.10 bits per heavy atom. The van der Waals surface area contributed by atoms with Crippen molar-refractivity contribution in [3.8, 4) is 17.7 Å². The number of hydrogen-bond acceptors (Lipinski definition) is 3. The zero-order valence-corrected chi connectivity index (χ0v) is 11.6. The summed E-state index contributed by atoms with van der Waals surface area (Å²) in [4.78, 5) is 4.63. The predicted octanol–water partition coefficient (Wildman–Crippen LogP) is 3.75. The Labute approximate surface area is 117 Å². The quantitative estimate of drug-likeness (QED) is 0.724. The molecule has 0 N–H and O–H groups in total. The summed E-state index contributed by atoms with van der Waals surface area (Å²) in [6.45, 7) is 4.94. The maximum atomic E-state index is 8.98. The minimum Gasteiger partial charge on any atom is -0.458 e. The van der Waals surface area contributed by atoms with Gasteiger partial charge in [-0.05, 0) is 37.3 Å². The van der Waals surface area contributed by atoms with Crippen LogP contribution < -0.4 is 0 Å². The molecule has 0 radical (unpaired) electrons. The summed E-state index contributed by atoms with van der Waals surface area (Å²) in [5.74, 6) is 2.54. The molecule has 0 aliphatic heterocycles. The average molecular weight is 265 g/mol. The maximum Gasteiger partial charge on any atom is 0.177 e. The second-order valence-electron chi connectivity index (χ2n) is 4.61. The lowest BCUT2D eigenvalue weighted by Crippen LogP contribution is -1.96. The normalized spacial score (nSPS) is 10.8. The fourth-order valence-corrected chi connectivity index (χ4v) is 2.40. The van der Waals surface area contributed by atoms with E-state index in [1.807, 2.05) is 30.3 Å². The molecule has 3 aromatic rings. The molecule has 0 unspecified atom stereocenters. The standard InChI is InChI=1S/C16H15N3O/c1-3-12-6-8-15(20-12)16-18-13-9-11(10-17)5-7-14(13)19(16)4-2/h5-9H,3-4H2,1-2H3. The Bertz CT molecular complexity index is 805. The molecule has 2 heterocycles. The Kier molecular flexibility index (Phi) is 3.03. The Morgan fingerprint density at radius 3 is 2.75 bits per heavy atom. The van der Waals surface area contributed by atoms with Crippen LogP contribution >= 0.6 is 0 Å². The van der Waals surface area contributed by atoms with Gasteiger partial charge in [0.25, 0.3) is 0 Å². The molecule has 3 rings (SSSR count). The van der Waals surface area contributed by atoms with Crippen molar-refractivity contribution in [2.75, 3.05) is 0 Å². The highest BCUT2D eigenvalue weighted by Gasteiger charge is 2.14. The van der Waals surface area contributed by atoms with Crippen LogP contribution in [0.3, 0.4) is 0 Å². The van der Waals surface area contributed by atoms with Crippen LogP contribution in [0.4, 0.5) is 0 Å². The first-order valence-electron chi connectivity index (χ1n) is 6.76. The molecule has 4 heteroatoms. The van der Waals surface area contributed by atoms with Gasteiger partial charge in [-0.2, -0.15) is 5.26 Å². The van der Waals surface area contributed by atoms with Crippen LogP contribution in [0.1, 0.15) is 25.2 Å². The van der Waals surface area contributed by atoms with Gasteiger partial charge in [0, 0.05) is 13.0 Å². The molecule has 0 saturated heterocycles. The third kappa shape index (κ3) is 1.88. The molecule has 20 heavy (non-hydrogen) atoms. The zero-order valence-electron chi connectivity index (χ0n) is 11.6. The van der Waals surface area contributed by atoms with Gasteiger partial charge in [-0.25, -0.2) is 4.98 Å². The molecular formula is C16H15N3O. The van der Waals surface area contributed by atoms with Crippen molar-refractivity contribution >= 4 is 11.0 Å². The molecule has 0 atom stereocenters. The summed E-state index contributed by atoms with van der Waals surface area (Å²) in [6, 6.07) is 11.7. The minimum absolute atomic E-state index is 0.624. The van der Waals surface area contributed by atoms with Crippen molar-refractivity contribution < 1.29 is 4.42 Å². The van der Waals surface area contributed by atoms with E-state index in [1.165, 1.54) is 0 Å². The molecular weight excluding hydrogens is 250 g/mol. The van der Waals surface area contributed by atoms with Gasteiger partial charge in [0.2, 0.25) is 0 Å². The molecule has 0 saturated carbocycles. The van der Waals surface area contributed by atoms with Crippen molar-refractivity contribution in [3.63, 3.8) is 0 Å². The fourth-order valence-electron chi connectivity index (χ4n) is 2.40. The van der Waals surface area contributed by atoms with Crippen LogP contribution in [0, 0.1) is 11.3 Å². The number of nitrogens with zero attached hydrogens (tertiary/aromatic N) is 3. The smallest absolute Gasteiger partial charge is 0.177 e. The highest BCUT2D eigenvalue weighted by atomic mass is 16.3. The van der Waals surface area contributed by atoms with Crippen LogP contribution in [0.15, 0.2) is 34.7 Å². The number of nitriles is 1.